The first-order valence-corrected chi connectivity index (χ1v) is 8.39. The molecule has 0 aromatic heterocycles. The fraction of sp³-hybridized carbons (Fsp3) is 0.684. The maximum absolute atomic E-state index is 13.7. The van der Waals surface area contributed by atoms with Crippen molar-refractivity contribution in [3.8, 4) is 0 Å². The zero-order chi connectivity index (χ0) is 15.5. The van der Waals surface area contributed by atoms with Crippen LogP contribution in [-0.2, 0) is 0 Å². The molecule has 0 saturated carbocycles. The Balaban J connectivity index is 2.37. The van der Waals surface area contributed by atoms with E-state index in [0.29, 0.717) is 23.2 Å². The highest BCUT2D eigenvalue weighted by atomic mass is 19.1. The lowest BCUT2D eigenvalue weighted by Gasteiger charge is -2.47. The summed E-state index contributed by atoms with van der Waals surface area (Å²) in [5.74, 6) is 1.67. The first-order valence-electron chi connectivity index (χ1n) is 8.39. The van der Waals surface area contributed by atoms with Crippen LogP contribution in [-0.4, -0.2) is 13.1 Å². The van der Waals surface area contributed by atoms with Crippen molar-refractivity contribution in [1.82, 2.24) is 5.32 Å². The molecule has 1 saturated heterocycles. The highest BCUT2D eigenvalue weighted by molar-refractivity contribution is 5.25. The van der Waals surface area contributed by atoms with E-state index in [2.05, 4.69) is 39.1 Å². The van der Waals surface area contributed by atoms with E-state index in [1.165, 1.54) is 24.8 Å². The largest absolute Gasteiger partial charge is 0.316 e. The Bertz CT molecular complexity index is 443. The van der Waals surface area contributed by atoms with Crippen LogP contribution in [0.3, 0.4) is 0 Å². The monoisotopic (exact) mass is 291 g/mol. The second-order valence-electron chi connectivity index (χ2n) is 7.62. The Morgan fingerprint density at radius 2 is 1.86 bits per heavy atom. The Labute approximate surface area is 129 Å². The molecule has 0 amide bonds. The molecule has 1 nitrogen and oxygen atoms in total. The Morgan fingerprint density at radius 1 is 1.19 bits per heavy atom. The molecule has 1 heterocycles. The van der Waals surface area contributed by atoms with Gasteiger partial charge in [0.25, 0.3) is 0 Å². The van der Waals surface area contributed by atoms with Gasteiger partial charge in [-0.2, -0.15) is 0 Å². The maximum Gasteiger partial charge on any atom is 0.123 e. The van der Waals surface area contributed by atoms with Gasteiger partial charge in [0, 0.05) is 12.5 Å². The van der Waals surface area contributed by atoms with Crippen LogP contribution in [0.2, 0.25) is 0 Å². The molecule has 1 fully saturated rings. The predicted molar refractivity (Wildman–Crippen MR) is 88.0 cm³/mol. The molecule has 1 atom stereocenters. The van der Waals surface area contributed by atoms with Crippen molar-refractivity contribution in [2.75, 3.05) is 13.1 Å². The number of rotatable bonds is 5. The molecule has 1 aromatic rings. The van der Waals surface area contributed by atoms with Gasteiger partial charge in [-0.1, -0.05) is 39.8 Å². The average Bonchev–Trinajstić information content (AvgIpc) is 2.37. The van der Waals surface area contributed by atoms with E-state index in [1.54, 1.807) is 12.1 Å². The Kier molecular flexibility index (Phi) is 5.43. The molecule has 2 rings (SSSR count). The molecule has 1 aliphatic heterocycles. The van der Waals surface area contributed by atoms with E-state index in [0.717, 1.165) is 13.1 Å². The molecule has 1 aliphatic rings. The summed E-state index contributed by atoms with van der Waals surface area (Å²) in [7, 11) is 0. The van der Waals surface area contributed by atoms with Crippen molar-refractivity contribution in [2.45, 2.75) is 52.9 Å². The minimum Gasteiger partial charge on any atom is -0.316 e. The van der Waals surface area contributed by atoms with Crippen LogP contribution in [0, 0.1) is 23.1 Å². The van der Waals surface area contributed by atoms with Gasteiger partial charge in [-0.25, -0.2) is 4.39 Å². The van der Waals surface area contributed by atoms with Crippen LogP contribution in [0.25, 0.3) is 0 Å². The minimum absolute atomic E-state index is 0.110. The van der Waals surface area contributed by atoms with Crippen LogP contribution < -0.4 is 5.32 Å². The van der Waals surface area contributed by atoms with E-state index >= 15 is 0 Å². The summed E-state index contributed by atoms with van der Waals surface area (Å²) in [6.45, 7) is 11.3. The fourth-order valence-electron chi connectivity index (χ4n) is 4.37. The van der Waals surface area contributed by atoms with E-state index in [1.807, 2.05) is 6.07 Å². The van der Waals surface area contributed by atoms with Gasteiger partial charge in [0.15, 0.2) is 0 Å². The molecule has 1 unspecified atom stereocenters. The number of piperidine rings is 1. The van der Waals surface area contributed by atoms with Gasteiger partial charge in [-0.3, -0.25) is 0 Å². The second kappa shape index (κ2) is 6.91. The third-order valence-electron chi connectivity index (χ3n) is 4.77. The summed E-state index contributed by atoms with van der Waals surface area (Å²) in [6, 6.07) is 7.25. The smallest absolute Gasteiger partial charge is 0.123 e. The molecule has 1 aromatic carbocycles. The highest BCUT2D eigenvalue weighted by Crippen LogP contribution is 2.49. The van der Waals surface area contributed by atoms with Crippen molar-refractivity contribution in [3.63, 3.8) is 0 Å². The molecule has 21 heavy (non-hydrogen) atoms. The number of benzene rings is 1. The topological polar surface area (TPSA) is 12.0 Å². The molecule has 0 radical (unpaired) electrons. The van der Waals surface area contributed by atoms with Gasteiger partial charge >= 0.3 is 0 Å². The van der Waals surface area contributed by atoms with Gasteiger partial charge in [0.2, 0.25) is 0 Å². The molecule has 118 valence electrons. The van der Waals surface area contributed by atoms with Crippen LogP contribution in [0.5, 0.6) is 0 Å². The molecule has 0 aliphatic carbocycles. The van der Waals surface area contributed by atoms with E-state index in [9.17, 15) is 4.39 Å². The van der Waals surface area contributed by atoms with Crippen molar-refractivity contribution in [3.05, 3.63) is 35.6 Å². The number of halogens is 1. The van der Waals surface area contributed by atoms with Crippen molar-refractivity contribution < 1.29 is 4.39 Å². The third kappa shape index (κ3) is 4.06. The SMILES string of the molecule is CC(C)CC1(CC(C)C)CCNCC1c1cccc(F)c1. The van der Waals surface area contributed by atoms with Crippen molar-refractivity contribution in [1.29, 1.82) is 0 Å². The van der Waals surface area contributed by atoms with Gasteiger partial charge in [0.05, 0.1) is 0 Å². The standard InChI is InChI=1S/C19H30FN/c1-14(2)11-19(12-15(3)4)8-9-21-13-18(19)16-6-5-7-17(20)10-16/h5-7,10,14-15,18,21H,8-9,11-13H2,1-4H3. The number of hydrogen-bond donors (Lipinski definition) is 1. The third-order valence-corrected chi connectivity index (χ3v) is 4.77. The van der Waals surface area contributed by atoms with E-state index in [4.69, 9.17) is 0 Å². The number of nitrogens with one attached hydrogen (secondary N) is 1. The minimum atomic E-state index is -0.110. The van der Waals surface area contributed by atoms with Crippen molar-refractivity contribution >= 4 is 0 Å². The molecule has 0 bridgehead atoms. The van der Waals surface area contributed by atoms with Crippen LogP contribution in [0.15, 0.2) is 24.3 Å². The zero-order valence-corrected chi connectivity index (χ0v) is 14.0. The summed E-state index contributed by atoms with van der Waals surface area (Å²) in [4.78, 5) is 0. The lowest BCUT2D eigenvalue weighted by atomic mass is 9.60. The summed E-state index contributed by atoms with van der Waals surface area (Å²) in [5.41, 5.74) is 1.48. The average molecular weight is 291 g/mol. The quantitative estimate of drug-likeness (QED) is 0.806. The molecule has 1 N–H and O–H groups in total. The fourth-order valence-corrected chi connectivity index (χ4v) is 4.37. The van der Waals surface area contributed by atoms with Gasteiger partial charge in [-0.05, 0) is 60.8 Å². The normalized spacial score (nSPS) is 22.0. The molecule has 2 heteroatoms. The lowest BCUT2D eigenvalue weighted by Crippen LogP contribution is -2.45. The molecule has 0 spiro atoms. The Hall–Kier alpha value is -0.890. The first-order chi connectivity index (χ1) is 9.93. The summed E-state index contributed by atoms with van der Waals surface area (Å²) in [5, 5.41) is 3.53. The van der Waals surface area contributed by atoms with Crippen LogP contribution >= 0.6 is 0 Å². The highest BCUT2D eigenvalue weighted by Gasteiger charge is 2.42. The molecular formula is C19H30FN. The number of hydrogen-bond acceptors (Lipinski definition) is 1. The van der Waals surface area contributed by atoms with Crippen LogP contribution in [0.1, 0.15) is 58.4 Å². The predicted octanol–water partition coefficient (Wildman–Crippen LogP) is 4.98. The van der Waals surface area contributed by atoms with E-state index in [-0.39, 0.29) is 5.82 Å². The maximum atomic E-state index is 13.7. The van der Waals surface area contributed by atoms with Gasteiger partial charge < -0.3 is 5.32 Å². The Morgan fingerprint density at radius 3 is 2.43 bits per heavy atom. The molecular weight excluding hydrogens is 261 g/mol. The lowest BCUT2D eigenvalue weighted by molar-refractivity contribution is 0.0970. The van der Waals surface area contributed by atoms with E-state index < -0.39 is 0 Å². The van der Waals surface area contributed by atoms with Gasteiger partial charge in [0.1, 0.15) is 5.82 Å². The van der Waals surface area contributed by atoms with Crippen LogP contribution in [0.4, 0.5) is 4.39 Å². The summed E-state index contributed by atoms with van der Waals surface area (Å²) < 4.78 is 13.7. The van der Waals surface area contributed by atoms with Gasteiger partial charge in [-0.15, -0.1) is 0 Å². The second-order valence-corrected chi connectivity index (χ2v) is 7.62. The first kappa shape index (κ1) is 16.5. The summed E-state index contributed by atoms with van der Waals surface area (Å²) >= 11 is 0. The van der Waals surface area contributed by atoms with Crippen molar-refractivity contribution in [2.24, 2.45) is 17.3 Å². The summed E-state index contributed by atoms with van der Waals surface area (Å²) in [6.07, 6.45) is 3.66. The zero-order valence-electron chi connectivity index (χ0n) is 14.0.